The minimum atomic E-state index is -0.287. The monoisotopic (exact) mass is 357 g/mol. The summed E-state index contributed by atoms with van der Waals surface area (Å²) in [5.74, 6) is 1.03. The molecule has 0 spiro atoms. The number of nitrogens with zero attached hydrogens (tertiary/aromatic N) is 5. The maximum Gasteiger partial charge on any atom is 0.267 e. The van der Waals surface area contributed by atoms with Gasteiger partial charge in [0.1, 0.15) is 6.54 Å². The first-order chi connectivity index (χ1) is 12.2. The van der Waals surface area contributed by atoms with Crippen molar-refractivity contribution < 1.29 is 9.32 Å². The molecule has 0 unspecified atom stereocenters. The first-order valence-electron chi connectivity index (χ1n) is 7.87. The predicted molar refractivity (Wildman–Crippen MR) is 90.0 cm³/mol. The van der Waals surface area contributed by atoms with E-state index in [1.165, 1.54) is 16.9 Å². The van der Waals surface area contributed by atoms with Crippen LogP contribution in [0.25, 0.3) is 11.5 Å². The van der Waals surface area contributed by atoms with Crippen molar-refractivity contribution in [2.75, 3.05) is 13.1 Å². The second-order valence-electron chi connectivity index (χ2n) is 5.81. The van der Waals surface area contributed by atoms with Gasteiger partial charge < -0.3 is 9.42 Å². The number of hydrogen-bond donors (Lipinski definition) is 0. The quantitative estimate of drug-likeness (QED) is 0.700. The number of carbonyl (C=O) groups excluding carboxylic acids is 1. The average Bonchev–Trinajstić information content (AvgIpc) is 3.36. The van der Waals surface area contributed by atoms with Gasteiger partial charge in [0.25, 0.3) is 11.4 Å². The Hall–Kier alpha value is -2.81. The number of thiophene rings is 1. The predicted octanol–water partition coefficient (Wildman–Crippen LogP) is 1.37. The zero-order valence-electron chi connectivity index (χ0n) is 13.2. The van der Waals surface area contributed by atoms with Gasteiger partial charge in [0, 0.05) is 36.7 Å². The molecule has 0 N–H and O–H groups in total. The minimum absolute atomic E-state index is 0.0422. The van der Waals surface area contributed by atoms with Gasteiger partial charge in [0.05, 0.1) is 5.56 Å². The standard InChI is InChI=1S/C16H15N5O3S/c22-13-2-1-5-17-21(13)9-14(23)20-6-3-11(8-20)15-18-16(24-19-15)12-4-7-25-10-12/h1-2,4-5,7,10-11H,3,6,8-9H2/t11-/m0/s1. The molecule has 4 heterocycles. The van der Waals surface area contributed by atoms with Crippen molar-refractivity contribution in [3.05, 3.63) is 51.3 Å². The van der Waals surface area contributed by atoms with Crippen molar-refractivity contribution in [3.8, 4) is 11.5 Å². The lowest BCUT2D eigenvalue weighted by Crippen LogP contribution is -2.35. The van der Waals surface area contributed by atoms with E-state index in [4.69, 9.17) is 4.52 Å². The highest BCUT2D eigenvalue weighted by molar-refractivity contribution is 7.08. The Bertz CT molecular complexity index is 933. The summed E-state index contributed by atoms with van der Waals surface area (Å²) in [6.45, 7) is 1.06. The number of amides is 1. The van der Waals surface area contributed by atoms with Gasteiger partial charge >= 0.3 is 0 Å². The Morgan fingerprint density at radius 1 is 1.40 bits per heavy atom. The van der Waals surface area contributed by atoms with E-state index >= 15 is 0 Å². The fourth-order valence-corrected chi connectivity index (χ4v) is 3.47. The summed E-state index contributed by atoms with van der Waals surface area (Å²) in [6.07, 6.45) is 2.26. The smallest absolute Gasteiger partial charge is 0.267 e. The third-order valence-corrected chi connectivity index (χ3v) is 4.87. The van der Waals surface area contributed by atoms with Gasteiger partial charge in [0.15, 0.2) is 5.82 Å². The summed E-state index contributed by atoms with van der Waals surface area (Å²) in [7, 11) is 0. The van der Waals surface area contributed by atoms with Gasteiger partial charge in [-0.05, 0) is 23.9 Å². The summed E-state index contributed by atoms with van der Waals surface area (Å²) in [5.41, 5.74) is 0.620. The number of aromatic nitrogens is 4. The van der Waals surface area contributed by atoms with Crippen LogP contribution < -0.4 is 5.56 Å². The zero-order chi connectivity index (χ0) is 17.2. The molecular formula is C16H15N5O3S. The van der Waals surface area contributed by atoms with Crippen LogP contribution in [0, 0.1) is 0 Å². The van der Waals surface area contributed by atoms with E-state index in [0.29, 0.717) is 24.8 Å². The van der Waals surface area contributed by atoms with E-state index < -0.39 is 0 Å². The molecule has 9 heteroatoms. The molecule has 0 bridgehead atoms. The highest BCUT2D eigenvalue weighted by atomic mass is 32.1. The van der Waals surface area contributed by atoms with E-state index in [-0.39, 0.29) is 23.9 Å². The summed E-state index contributed by atoms with van der Waals surface area (Å²) in [6, 6.07) is 4.87. The Kier molecular flexibility index (Phi) is 4.14. The molecule has 1 amide bonds. The van der Waals surface area contributed by atoms with Crippen LogP contribution in [0.5, 0.6) is 0 Å². The van der Waals surface area contributed by atoms with Gasteiger partial charge in [-0.3, -0.25) is 9.59 Å². The number of rotatable bonds is 4. The molecular weight excluding hydrogens is 342 g/mol. The molecule has 3 aromatic heterocycles. The number of carbonyl (C=O) groups is 1. The molecule has 1 fully saturated rings. The van der Waals surface area contributed by atoms with Crippen molar-refractivity contribution in [1.82, 2.24) is 24.8 Å². The largest absolute Gasteiger partial charge is 0.340 e. The topological polar surface area (TPSA) is 94.1 Å². The van der Waals surface area contributed by atoms with E-state index in [1.54, 1.807) is 22.3 Å². The lowest BCUT2D eigenvalue weighted by molar-refractivity contribution is -0.131. The second-order valence-corrected chi connectivity index (χ2v) is 6.59. The fraction of sp³-hybridized carbons (Fsp3) is 0.312. The van der Waals surface area contributed by atoms with Crippen LogP contribution in [0.3, 0.4) is 0 Å². The van der Waals surface area contributed by atoms with Gasteiger partial charge in [-0.25, -0.2) is 4.68 Å². The maximum absolute atomic E-state index is 12.4. The Morgan fingerprint density at radius 2 is 2.32 bits per heavy atom. The van der Waals surface area contributed by atoms with Crippen LogP contribution in [0.1, 0.15) is 18.2 Å². The minimum Gasteiger partial charge on any atom is -0.340 e. The third kappa shape index (κ3) is 3.22. The lowest BCUT2D eigenvalue weighted by atomic mass is 10.1. The molecule has 1 saturated heterocycles. The van der Waals surface area contributed by atoms with Crippen LogP contribution in [0.2, 0.25) is 0 Å². The van der Waals surface area contributed by atoms with Gasteiger partial charge in [-0.2, -0.15) is 21.4 Å². The van der Waals surface area contributed by atoms with Crippen molar-refractivity contribution in [1.29, 1.82) is 0 Å². The van der Waals surface area contributed by atoms with Crippen molar-refractivity contribution in [3.63, 3.8) is 0 Å². The first kappa shape index (κ1) is 15.7. The van der Waals surface area contributed by atoms with Crippen molar-refractivity contribution >= 4 is 17.2 Å². The molecule has 8 nitrogen and oxygen atoms in total. The molecule has 25 heavy (non-hydrogen) atoms. The highest BCUT2D eigenvalue weighted by Crippen LogP contribution is 2.28. The van der Waals surface area contributed by atoms with E-state index in [2.05, 4.69) is 15.2 Å². The van der Waals surface area contributed by atoms with Crippen molar-refractivity contribution in [2.45, 2.75) is 18.9 Å². The van der Waals surface area contributed by atoms with Crippen LogP contribution in [0.4, 0.5) is 0 Å². The third-order valence-electron chi connectivity index (χ3n) is 4.19. The molecule has 0 saturated carbocycles. The zero-order valence-corrected chi connectivity index (χ0v) is 14.1. The highest BCUT2D eigenvalue weighted by Gasteiger charge is 2.30. The van der Waals surface area contributed by atoms with Crippen LogP contribution in [-0.4, -0.2) is 43.8 Å². The Balaban J connectivity index is 1.42. The van der Waals surface area contributed by atoms with Gasteiger partial charge in [0.2, 0.25) is 5.91 Å². The Labute approximate surface area is 146 Å². The molecule has 128 valence electrons. The number of hydrogen-bond acceptors (Lipinski definition) is 7. The molecule has 4 rings (SSSR count). The van der Waals surface area contributed by atoms with E-state index in [9.17, 15) is 9.59 Å². The van der Waals surface area contributed by atoms with Crippen LogP contribution in [0.15, 0.2) is 44.5 Å². The summed E-state index contributed by atoms with van der Waals surface area (Å²) >= 11 is 1.57. The normalized spacial score (nSPS) is 17.1. The van der Waals surface area contributed by atoms with E-state index in [0.717, 1.165) is 12.0 Å². The van der Waals surface area contributed by atoms with Crippen molar-refractivity contribution in [2.24, 2.45) is 0 Å². The maximum atomic E-state index is 12.4. The van der Waals surface area contributed by atoms with Crippen LogP contribution >= 0.6 is 11.3 Å². The first-order valence-corrected chi connectivity index (χ1v) is 8.81. The Morgan fingerprint density at radius 3 is 3.12 bits per heavy atom. The van der Waals surface area contributed by atoms with E-state index in [1.807, 2.05) is 16.8 Å². The molecule has 0 aromatic carbocycles. The lowest BCUT2D eigenvalue weighted by Gasteiger charge is -2.15. The SMILES string of the molecule is O=C(Cn1ncccc1=O)N1CC[C@H](c2noc(-c3ccsc3)n2)C1. The second kappa shape index (κ2) is 6.60. The molecule has 0 radical (unpaired) electrons. The molecule has 3 aromatic rings. The molecule has 1 aliphatic rings. The number of likely N-dealkylation sites (tertiary alicyclic amines) is 1. The molecule has 1 atom stereocenters. The summed E-state index contributed by atoms with van der Waals surface area (Å²) in [5, 5.41) is 11.9. The fourth-order valence-electron chi connectivity index (χ4n) is 2.84. The average molecular weight is 357 g/mol. The molecule has 0 aliphatic carbocycles. The van der Waals surface area contributed by atoms with Gasteiger partial charge in [-0.1, -0.05) is 5.16 Å². The molecule has 1 aliphatic heterocycles. The van der Waals surface area contributed by atoms with Crippen LogP contribution in [-0.2, 0) is 11.3 Å². The summed E-state index contributed by atoms with van der Waals surface area (Å²) < 4.78 is 6.48. The summed E-state index contributed by atoms with van der Waals surface area (Å²) in [4.78, 5) is 30.2. The van der Waals surface area contributed by atoms with Gasteiger partial charge in [-0.15, -0.1) is 0 Å².